The molecule has 5 nitrogen and oxygen atoms in total. The quantitative estimate of drug-likeness (QED) is 0.911. The summed E-state index contributed by atoms with van der Waals surface area (Å²) in [5.41, 5.74) is 0.727. The molecule has 1 aromatic rings. The topological polar surface area (TPSA) is 54.7 Å². The number of ether oxygens (including phenoxy) is 1. The molecule has 1 amide bonds. The van der Waals surface area contributed by atoms with Crippen LogP contribution >= 0.6 is 15.9 Å². The van der Waals surface area contributed by atoms with Crippen molar-refractivity contribution in [3.8, 4) is 0 Å². The van der Waals surface area contributed by atoms with Crippen molar-refractivity contribution in [1.82, 2.24) is 9.47 Å². The lowest BCUT2D eigenvalue weighted by atomic mass is 10.2. The van der Waals surface area contributed by atoms with Crippen LogP contribution < -0.4 is 0 Å². The SMILES string of the molecule is CC1CN(C(=O)c2cc(Br)cn2C2CC2)CC(CO)O1. The van der Waals surface area contributed by atoms with Crippen molar-refractivity contribution in [1.29, 1.82) is 0 Å². The molecule has 1 aliphatic heterocycles. The van der Waals surface area contributed by atoms with Crippen LogP contribution in [0.25, 0.3) is 0 Å². The van der Waals surface area contributed by atoms with Crippen LogP contribution in [0.5, 0.6) is 0 Å². The summed E-state index contributed by atoms with van der Waals surface area (Å²) in [6, 6.07) is 2.35. The van der Waals surface area contributed by atoms with Crippen molar-refractivity contribution >= 4 is 21.8 Å². The van der Waals surface area contributed by atoms with E-state index in [0.29, 0.717) is 19.1 Å². The van der Waals surface area contributed by atoms with E-state index in [9.17, 15) is 9.90 Å². The molecule has 1 N–H and O–H groups in total. The Kier molecular flexibility index (Phi) is 3.88. The minimum Gasteiger partial charge on any atom is -0.394 e. The van der Waals surface area contributed by atoms with E-state index < -0.39 is 0 Å². The van der Waals surface area contributed by atoms with E-state index in [1.165, 1.54) is 0 Å². The number of carbonyl (C=O) groups is 1. The van der Waals surface area contributed by atoms with Gasteiger partial charge in [-0.1, -0.05) is 0 Å². The van der Waals surface area contributed by atoms with E-state index in [1.54, 1.807) is 4.90 Å². The number of hydrogen-bond acceptors (Lipinski definition) is 3. The zero-order chi connectivity index (χ0) is 14.3. The molecular weight excluding hydrogens is 324 g/mol. The van der Waals surface area contributed by atoms with Gasteiger partial charge in [-0.15, -0.1) is 0 Å². The van der Waals surface area contributed by atoms with Gasteiger partial charge >= 0.3 is 0 Å². The second-order valence-corrected chi connectivity index (χ2v) is 6.56. The molecule has 2 atom stereocenters. The second-order valence-electron chi connectivity index (χ2n) is 5.64. The third-order valence-electron chi connectivity index (χ3n) is 3.79. The van der Waals surface area contributed by atoms with Gasteiger partial charge in [0.2, 0.25) is 0 Å². The summed E-state index contributed by atoms with van der Waals surface area (Å²) >= 11 is 3.45. The first-order valence-electron chi connectivity index (χ1n) is 7.01. The number of hydrogen-bond donors (Lipinski definition) is 1. The van der Waals surface area contributed by atoms with Crippen LogP contribution in [0.3, 0.4) is 0 Å². The van der Waals surface area contributed by atoms with Gasteiger partial charge in [0.25, 0.3) is 5.91 Å². The molecule has 0 bridgehead atoms. The first-order valence-corrected chi connectivity index (χ1v) is 7.80. The standard InChI is InChI=1S/C14H19BrN2O3/c1-9-5-16(7-12(8-18)20-9)14(19)13-4-10(15)6-17(13)11-2-3-11/h4,6,9,11-12,18H,2-3,5,7-8H2,1H3. The predicted octanol–water partition coefficient (Wildman–Crippen LogP) is 1.81. The zero-order valence-corrected chi connectivity index (χ0v) is 13.0. The molecule has 2 aliphatic rings. The number of rotatable bonds is 3. The molecule has 6 heteroatoms. The van der Waals surface area contributed by atoms with E-state index in [4.69, 9.17) is 4.74 Å². The molecule has 1 saturated heterocycles. The summed E-state index contributed by atoms with van der Waals surface area (Å²) in [7, 11) is 0. The Morgan fingerprint density at radius 2 is 2.25 bits per heavy atom. The third-order valence-corrected chi connectivity index (χ3v) is 4.23. The van der Waals surface area contributed by atoms with E-state index >= 15 is 0 Å². The van der Waals surface area contributed by atoms with E-state index in [2.05, 4.69) is 20.5 Å². The van der Waals surface area contributed by atoms with Crippen molar-refractivity contribution in [2.45, 2.75) is 38.0 Å². The van der Waals surface area contributed by atoms with Gasteiger partial charge in [0.1, 0.15) is 5.69 Å². The Morgan fingerprint density at radius 3 is 2.90 bits per heavy atom. The van der Waals surface area contributed by atoms with Crippen molar-refractivity contribution < 1.29 is 14.6 Å². The summed E-state index contributed by atoms with van der Waals surface area (Å²) in [6.45, 7) is 2.90. The Morgan fingerprint density at radius 1 is 1.50 bits per heavy atom. The molecule has 1 saturated carbocycles. The molecule has 0 radical (unpaired) electrons. The molecule has 20 heavy (non-hydrogen) atoms. The number of carbonyl (C=O) groups excluding carboxylic acids is 1. The molecule has 2 unspecified atom stereocenters. The average molecular weight is 343 g/mol. The molecule has 1 aliphatic carbocycles. The monoisotopic (exact) mass is 342 g/mol. The summed E-state index contributed by atoms with van der Waals surface area (Å²) in [4.78, 5) is 14.5. The highest BCUT2D eigenvalue weighted by Crippen LogP contribution is 2.37. The van der Waals surface area contributed by atoms with Crippen LogP contribution in [0.4, 0.5) is 0 Å². The largest absolute Gasteiger partial charge is 0.394 e. The summed E-state index contributed by atoms with van der Waals surface area (Å²) in [5.74, 6) is 0.0243. The Balaban J connectivity index is 1.81. The fourth-order valence-corrected chi connectivity index (χ4v) is 3.18. The van der Waals surface area contributed by atoms with Crippen LogP contribution in [-0.2, 0) is 4.74 Å². The maximum atomic E-state index is 12.7. The molecule has 0 spiro atoms. The second kappa shape index (κ2) is 5.50. The molecule has 2 heterocycles. The lowest BCUT2D eigenvalue weighted by molar-refractivity contribution is -0.0860. The van der Waals surface area contributed by atoms with Crippen molar-refractivity contribution in [3.05, 3.63) is 22.4 Å². The normalized spacial score (nSPS) is 26.9. The molecule has 0 aromatic carbocycles. The van der Waals surface area contributed by atoms with E-state index in [0.717, 1.165) is 23.0 Å². The Hall–Kier alpha value is -0.850. The zero-order valence-electron chi connectivity index (χ0n) is 11.5. The highest BCUT2D eigenvalue weighted by molar-refractivity contribution is 9.10. The van der Waals surface area contributed by atoms with Crippen LogP contribution in [0.2, 0.25) is 0 Å². The number of halogens is 1. The predicted molar refractivity (Wildman–Crippen MR) is 77.7 cm³/mol. The fourth-order valence-electron chi connectivity index (χ4n) is 2.75. The first kappa shape index (κ1) is 14.1. The van der Waals surface area contributed by atoms with Gasteiger partial charge < -0.3 is 19.3 Å². The Bertz CT molecular complexity index is 513. The summed E-state index contributed by atoms with van der Waals surface area (Å²) < 4.78 is 8.59. The van der Waals surface area contributed by atoms with Crippen molar-refractivity contribution in [2.24, 2.45) is 0 Å². The fraction of sp³-hybridized carbons (Fsp3) is 0.643. The van der Waals surface area contributed by atoms with Gasteiger partial charge in [0, 0.05) is 29.8 Å². The highest BCUT2D eigenvalue weighted by atomic mass is 79.9. The summed E-state index contributed by atoms with van der Waals surface area (Å²) in [6.07, 6.45) is 3.94. The van der Waals surface area contributed by atoms with Gasteiger partial charge in [0.05, 0.1) is 18.8 Å². The maximum Gasteiger partial charge on any atom is 0.270 e. The van der Waals surface area contributed by atoms with E-state index in [1.807, 2.05) is 19.2 Å². The Labute approximate surface area is 126 Å². The summed E-state index contributed by atoms with van der Waals surface area (Å²) in [5, 5.41) is 9.26. The van der Waals surface area contributed by atoms with Crippen molar-refractivity contribution in [3.63, 3.8) is 0 Å². The third kappa shape index (κ3) is 2.77. The van der Waals surface area contributed by atoms with Crippen LogP contribution in [0.15, 0.2) is 16.7 Å². The number of nitrogens with zero attached hydrogens (tertiary/aromatic N) is 2. The van der Waals surface area contributed by atoms with E-state index in [-0.39, 0.29) is 24.7 Å². The highest BCUT2D eigenvalue weighted by Gasteiger charge is 2.33. The molecule has 110 valence electrons. The average Bonchev–Trinajstić information content (AvgIpc) is 3.20. The van der Waals surface area contributed by atoms with Gasteiger partial charge in [-0.2, -0.15) is 0 Å². The number of amides is 1. The van der Waals surface area contributed by atoms with Gasteiger partial charge in [0.15, 0.2) is 0 Å². The molecular formula is C14H19BrN2O3. The van der Waals surface area contributed by atoms with Crippen LogP contribution in [-0.4, -0.2) is 52.4 Å². The van der Waals surface area contributed by atoms with Crippen molar-refractivity contribution in [2.75, 3.05) is 19.7 Å². The van der Waals surface area contributed by atoms with Gasteiger partial charge in [-0.25, -0.2) is 0 Å². The molecule has 2 fully saturated rings. The number of morpholine rings is 1. The van der Waals surface area contributed by atoms with Gasteiger partial charge in [-0.3, -0.25) is 4.79 Å². The number of aliphatic hydroxyl groups is 1. The number of aliphatic hydroxyl groups excluding tert-OH is 1. The van der Waals surface area contributed by atoms with Crippen LogP contribution in [0, 0.1) is 0 Å². The molecule has 3 rings (SSSR count). The minimum atomic E-state index is -0.282. The van der Waals surface area contributed by atoms with Gasteiger partial charge in [-0.05, 0) is 41.8 Å². The van der Waals surface area contributed by atoms with Crippen LogP contribution in [0.1, 0.15) is 36.3 Å². The lowest BCUT2D eigenvalue weighted by Gasteiger charge is -2.36. The lowest BCUT2D eigenvalue weighted by Crippen LogP contribution is -2.50. The maximum absolute atomic E-state index is 12.7. The minimum absolute atomic E-state index is 0.0243. The molecule has 1 aromatic heterocycles. The number of aromatic nitrogens is 1. The first-order chi connectivity index (χ1) is 9.58. The smallest absolute Gasteiger partial charge is 0.270 e.